The molecule has 23 heavy (non-hydrogen) atoms. The standard InChI is InChI=1S/C17H25N3O2.HI/c1-2-18-16(19-11-14-3-5-15(21)6-4-14)20-9-7-17(12-20)8-10-22-13-17;/h3-6,21H,2,7-13H2,1H3,(H,18,19);1H. The summed E-state index contributed by atoms with van der Waals surface area (Å²) in [6, 6.07) is 7.24. The van der Waals surface area contributed by atoms with Gasteiger partial charge in [-0.1, -0.05) is 12.1 Å². The van der Waals surface area contributed by atoms with Crippen LogP contribution in [0.5, 0.6) is 5.75 Å². The Morgan fingerprint density at radius 2 is 2.13 bits per heavy atom. The lowest BCUT2D eigenvalue weighted by Crippen LogP contribution is -2.41. The van der Waals surface area contributed by atoms with Crippen LogP contribution in [0.2, 0.25) is 0 Å². The Morgan fingerprint density at radius 3 is 2.78 bits per heavy atom. The van der Waals surface area contributed by atoms with Gasteiger partial charge < -0.3 is 20.1 Å². The van der Waals surface area contributed by atoms with E-state index in [1.807, 2.05) is 12.1 Å². The number of benzene rings is 1. The molecule has 0 bridgehead atoms. The number of guanidine groups is 1. The molecule has 0 aromatic heterocycles. The van der Waals surface area contributed by atoms with Gasteiger partial charge in [0.15, 0.2) is 5.96 Å². The number of aromatic hydroxyl groups is 1. The molecule has 0 saturated carbocycles. The molecule has 2 heterocycles. The van der Waals surface area contributed by atoms with Gasteiger partial charge >= 0.3 is 0 Å². The summed E-state index contributed by atoms with van der Waals surface area (Å²) >= 11 is 0. The summed E-state index contributed by atoms with van der Waals surface area (Å²) in [6.07, 6.45) is 2.36. The van der Waals surface area contributed by atoms with Crippen LogP contribution in [0.1, 0.15) is 25.3 Å². The van der Waals surface area contributed by atoms with Gasteiger partial charge in [0, 0.05) is 31.7 Å². The van der Waals surface area contributed by atoms with Crippen molar-refractivity contribution in [2.45, 2.75) is 26.3 Å². The molecule has 1 aromatic carbocycles. The van der Waals surface area contributed by atoms with Gasteiger partial charge in [0.25, 0.3) is 0 Å². The van der Waals surface area contributed by atoms with Crippen LogP contribution in [0.15, 0.2) is 29.3 Å². The van der Waals surface area contributed by atoms with Crippen LogP contribution < -0.4 is 5.32 Å². The van der Waals surface area contributed by atoms with Crippen molar-refractivity contribution in [2.24, 2.45) is 10.4 Å². The van der Waals surface area contributed by atoms with Crippen molar-refractivity contribution >= 4 is 29.9 Å². The second-order valence-corrected chi connectivity index (χ2v) is 6.31. The summed E-state index contributed by atoms with van der Waals surface area (Å²) < 4.78 is 5.60. The fourth-order valence-corrected chi connectivity index (χ4v) is 3.28. The van der Waals surface area contributed by atoms with E-state index < -0.39 is 0 Å². The molecule has 2 fully saturated rings. The summed E-state index contributed by atoms with van der Waals surface area (Å²) in [5, 5.41) is 12.7. The third-order valence-electron chi connectivity index (χ3n) is 4.61. The van der Waals surface area contributed by atoms with Crippen LogP contribution in [-0.2, 0) is 11.3 Å². The first kappa shape index (κ1) is 18.3. The number of phenols is 1. The van der Waals surface area contributed by atoms with E-state index in [0.717, 1.165) is 44.4 Å². The van der Waals surface area contributed by atoms with Crippen molar-refractivity contribution in [1.82, 2.24) is 10.2 Å². The highest BCUT2D eigenvalue weighted by molar-refractivity contribution is 14.0. The topological polar surface area (TPSA) is 57.1 Å². The Balaban J connectivity index is 0.00000192. The molecule has 1 spiro atoms. The molecular formula is C17H26IN3O2. The van der Waals surface area contributed by atoms with E-state index >= 15 is 0 Å². The third kappa shape index (κ3) is 4.50. The molecule has 1 atom stereocenters. The minimum atomic E-state index is 0. The van der Waals surface area contributed by atoms with Gasteiger partial charge in [-0.05, 0) is 37.5 Å². The number of likely N-dealkylation sites (tertiary alicyclic amines) is 1. The highest BCUT2D eigenvalue weighted by Crippen LogP contribution is 2.38. The number of rotatable bonds is 3. The third-order valence-corrected chi connectivity index (χ3v) is 4.61. The second-order valence-electron chi connectivity index (χ2n) is 6.31. The Bertz CT molecular complexity index is 527. The number of hydrogen-bond donors (Lipinski definition) is 2. The first-order chi connectivity index (χ1) is 10.7. The van der Waals surface area contributed by atoms with Gasteiger partial charge in [0.1, 0.15) is 5.75 Å². The first-order valence-electron chi connectivity index (χ1n) is 8.10. The van der Waals surface area contributed by atoms with Crippen molar-refractivity contribution < 1.29 is 9.84 Å². The summed E-state index contributed by atoms with van der Waals surface area (Å²) in [5.41, 5.74) is 1.45. The number of phenolic OH excluding ortho intramolecular Hbond substituents is 1. The van der Waals surface area contributed by atoms with Gasteiger partial charge in [-0.15, -0.1) is 24.0 Å². The molecule has 128 valence electrons. The van der Waals surface area contributed by atoms with Crippen molar-refractivity contribution in [3.63, 3.8) is 0 Å². The van der Waals surface area contributed by atoms with Crippen molar-refractivity contribution in [3.05, 3.63) is 29.8 Å². The van der Waals surface area contributed by atoms with Crippen LogP contribution >= 0.6 is 24.0 Å². The average molecular weight is 431 g/mol. The van der Waals surface area contributed by atoms with Crippen LogP contribution in [0, 0.1) is 5.41 Å². The smallest absolute Gasteiger partial charge is 0.194 e. The van der Waals surface area contributed by atoms with Gasteiger partial charge in [-0.3, -0.25) is 0 Å². The molecule has 2 N–H and O–H groups in total. The van der Waals surface area contributed by atoms with Crippen LogP contribution in [0.25, 0.3) is 0 Å². The Hall–Kier alpha value is -1.02. The number of ether oxygens (including phenoxy) is 1. The maximum absolute atomic E-state index is 9.34. The van der Waals surface area contributed by atoms with Gasteiger partial charge in [-0.25, -0.2) is 4.99 Å². The van der Waals surface area contributed by atoms with E-state index in [9.17, 15) is 5.11 Å². The summed E-state index contributed by atoms with van der Waals surface area (Å²) in [7, 11) is 0. The van der Waals surface area contributed by atoms with E-state index in [0.29, 0.717) is 17.7 Å². The zero-order valence-corrected chi connectivity index (χ0v) is 16.0. The van der Waals surface area contributed by atoms with Gasteiger partial charge in [0.2, 0.25) is 0 Å². The average Bonchev–Trinajstić information content (AvgIpc) is 3.16. The SMILES string of the molecule is CCNC(=NCc1ccc(O)cc1)N1CCC2(CCOC2)C1.I. The number of aliphatic imine (C=N–C) groups is 1. The Labute approximate surface area is 155 Å². The molecule has 0 radical (unpaired) electrons. The molecule has 2 aliphatic heterocycles. The van der Waals surface area contributed by atoms with E-state index in [-0.39, 0.29) is 24.0 Å². The molecule has 2 saturated heterocycles. The summed E-state index contributed by atoms with van der Waals surface area (Å²) in [6.45, 7) is 7.46. The zero-order valence-electron chi connectivity index (χ0n) is 13.6. The lowest BCUT2D eigenvalue weighted by atomic mass is 9.87. The number of nitrogens with zero attached hydrogens (tertiary/aromatic N) is 2. The highest BCUT2D eigenvalue weighted by atomic mass is 127. The van der Waals surface area contributed by atoms with E-state index in [1.165, 1.54) is 12.8 Å². The molecule has 1 unspecified atom stereocenters. The van der Waals surface area contributed by atoms with Crippen molar-refractivity contribution in [3.8, 4) is 5.75 Å². The highest BCUT2D eigenvalue weighted by Gasteiger charge is 2.42. The quantitative estimate of drug-likeness (QED) is 0.439. The summed E-state index contributed by atoms with van der Waals surface area (Å²) in [5.74, 6) is 1.28. The molecule has 2 aliphatic rings. The van der Waals surface area contributed by atoms with Crippen LogP contribution in [-0.4, -0.2) is 48.8 Å². The minimum absolute atomic E-state index is 0. The fraction of sp³-hybridized carbons (Fsp3) is 0.588. The van der Waals surface area contributed by atoms with E-state index in [4.69, 9.17) is 9.73 Å². The second kappa shape index (κ2) is 8.19. The van der Waals surface area contributed by atoms with Crippen molar-refractivity contribution in [2.75, 3.05) is 32.8 Å². The monoisotopic (exact) mass is 431 g/mol. The number of nitrogens with one attached hydrogen (secondary N) is 1. The lowest BCUT2D eigenvalue weighted by Gasteiger charge is -2.25. The first-order valence-corrected chi connectivity index (χ1v) is 8.10. The molecular weight excluding hydrogens is 405 g/mol. The zero-order chi connectivity index (χ0) is 15.4. The summed E-state index contributed by atoms with van der Waals surface area (Å²) in [4.78, 5) is 7.12. The van der Waals surface area contributed by atoms with Crippen molar-refractivity contribution in [1.29, 1.82) is 0 Å². The molecule has 0 amide bonds. The van der Waals surface area contributed by atoms with Crippen LogP contribution in [0.4, 0.5) is 0 Å². The normalized spacial score (nSPS) is 24.0. The number of hydrogen-bond acceptors (Lipinski definition) is 3. The minimum Gasteiger partial charge on any atom is -0.508 e. The predicted molar refractivity (Wildman–Crippen MR) is 102 cm³/mol. The van der Waals surface area contributed by atoms with Crippen LogP contribution in [0.3, 0.4) is 0 Å². The maximum atomic E-state index is 9.34. The Kier molecular flexibility index (Phi) is 6.52. The molecule has 5 nitrogen and oxygen atoms in total. The molecule has 0 aliphatic carbocycles. The number of halogens is 1. The maximum Gasteiger partial charge on any atom is 0.194 e. The largest absolute Gasteiger partial charge is 0.508 e. The van der Waals surface area contributed by atoms with E-state index in [2.05, 4.69) is 17.1 Å². The molecule has 1 aromatic rings. The lowest BCUT2D eigenvalue weighted by molar-refractivity contribution is 0.156. The predicted octanol–water partition coefficient (Wildman–Crippen LogP) is 2.59. The fourth-order valence-electron chi connectivity index (χ4n) is 3.28. The van der Waals surface area contributed by atoms with Gasteiger partial charge in [0.05, 0.1) is 13.2 Å². The van der Waals surface area contributed by atoms with E-state index in [1.54, 1.807) is 12.1 Å². The van der Waals surface area contributed by atoms with Gasteiger partial charge in [-0.2, -0.15) is 0 Å². The molecule has 6 heteroatoms. The molecule has 3 rings (SSSR count). The Morgan fingerprint density at radius 1 is 1.35 bits per heavy atom.